The van der Waals surface area contributed by atoms with E-state index in [2.05, 4.69) is 272 Å². The van der Waals surface area contributed by atoms with Crippen LogP contribution in [0.4, 0.5) is 28.4 Å². The molecular formula is C70H50N2. The second kappa shape index (κ2) is 16.9. The van der Waals surface area contributed by atoms with Crippen molar-refractivity contribution in [2.24, 2.45) is 0 Å². The molecule has 14 rings (SSSR count). The van der Waals surface area contributed by atoms with E-state index in [1.807, 2.05) is 0 Å². The van der Waals surface area contributed by atoms with Crippen molar-refractivity contribution in [3.63, 3.8) is 0 Å². The lowest BCUT2D eigenvalue weighted by molar-refractivity contribution is 0.825. The van der Waals surface area contributed by atoms with Gasteiger partial charge in [0.05, 0.1) is 17.1 Å². The minimum atomic E-state index is 0.0631. The lowest BCUT2D eigenvalue weighted by Crippen LogP contribution is -2.29. The van der Waals surface area contributed by atoms with E-state index >= 15 is 0 Å². The molecule has 1 unspecified atom stereocenters. The van der Waals surface area contributed by atoms with Crippen LogP contribution < -0.4 is 15.0 Å². The highest BCUT2D eigenvalue weighted by atomic mass is 15.2. The van der Waals surface area contributed by atoms with Crippen LogP contribution in [0.3, 0.4) is 0 Å². The molecule has 13 aromatic carbocycles. The lowest BCUT2D eigenvalue weighted by atomic mass is 9.77. The highest BCUT2D eigenvalue weighted by Gasteiger charge is 2.32. The van der Waals surface area contributed by atoms with Gasteiger partial charge in [0.1, 0.15) is 0 Å². The third-order valence-electron chi connectivity index (χ3n) is 15.4. The average molecular weight is 919 g/mol. The highest BCUT2D eigenvalue weighted by molar-refractivity contribution is 6.23. The summed E-state index contributed by atoms with van der Waals surface area (Å²) in [5.41, 5.74) is 14.6. The molecule has 2 heteroatoms. The molecular weight excluding hydrogens is 869 g/mol. The van der Waals surface area contributed by atoms with Gasteiger partial charge in [-0.25, -0.2) is 0 Å². The predicted octanol–water partition coefficient (Wildman–Crippen LogP) is 18.6. The van der Waals surface area contributed by atoms with E-state index in [0.29, 0.717) is 0 Å². The molecule has 0 heterocycles. The molecule has 1 atom stereocenters. The smallest absolute Gasteiger partial charge is 0.0547 e. The minimum absolute atomic E-state index is 0.0631. The Balaban J connectivity index is 1.16. The van der Waals surface area contributed by atoms with Crippen LogP contribution >= 0.6 is 0 Å². The van der Waals surface area contributed by atoms with Gasteiger partial charge in [0.2, 0.25) is 0 Å². The monoisotopic (exact) mass is 918 g/mol. The van der Waals surface area contributed by atoms with Crippen LogP contribution in [-0.2, 0) is 0 Å². The van der Waals surface area contributed by atoms with E-state index in [4.69, 9.17) is 0 Å². The second-order valence-corrected chi connectivity index (χ2v) is 19.8. The first-order valence-electron chi connectivity index (χ1n) is 25.2. The zero-order valence-corrected chi connectivity index (χ0v) is 40.4. The molecule has 0 saturated carbocycles. The van der Waals surface area contributed by atoms with Gasteiger partial charge < -0.3 is 9.80 Å². The number of fused-ring (bicyclic) bond motifs is 4. The maximum absolute atomic E-state index is 2.60. The molecule has 0 aliphatic heterocycles. The van der Waals surface area contributed by atoms with Crippen LogP contribution in [0.2, 0.25) is 0 Å². The Morgan fingerprint density at radius 1 is 0.347 bits per heavy atom. The summed E-state index contributed by atoms with van der Waals surface area (Å²) in [5, 5.41) is 16.2. The Morgan fingerprint density at radius 3 is 1.56 bits per heavy atom. The van der Waals surface area contributed by atoms with Crippen LogP contribution in [0.15, 0.2) is 249 Å². The van der Waals surface area contributed by atoms with E-state index in [1.54, 1.807) is 0 Å². The molecule has 0 fully saturated rings. The Bertz CT molecular complexity index is 4360. The maximum atomic E-state index is 2.60. The van der Waals surface area contributed by atoms with Crippen molar-refractivity contribution in [2.45, 2.75) is 26.2 Å². The van der Waals surface area contributed by atoms with Crippen LogP contribution in [0.25, 0.3) is 81.5 Å². The molecule has 0 radical (unpaired) electrons. The number of nitrogens with zero attached hydrogens (tertiary/aromatic N) is 2. The molecule has 0 bridgehead atoms. The number of hydrogen-bond donors (Lipinski definition) is 0. The normalized spacial score (nSPS) is 13.5. The van der Waals surface area contributed by atoms with E-state index < -0.39 is 0 Å². The molecule has 2 nitrogen and oxygen atoms in total. The molecule has 0 N–H and O–H groups in total. The van der Waals surface area contributed by atoms with Crippen LogP contribution in [0, 0.1) is 13.8 Å². The summed E-state index contributed by atoms with van der Waals surface area (Å²) >= 11 is 0. The van der Waals surface area contributed by atoms with Gasteiger partial charge >= 0.3 is 0 Å². The summed E-state index contributed by atoms with van der Waals surface area (Å²) in [5.74, 6) is 0.0631. The van der Waals surface area contributed by atoms with Crippen LogP contribution in [-0.4, -0.2) is 0 Å². The van der Waals surface area contributed by atoms with Crippen molar-refractivity contribution in [1.82, 2.24) is 0 Å². The quantitative estimate of drug-likeness (QED) is 0.150. The van der Waals surface area contributed by atoms with E-state index in [9.17, 15) is 0 Å². The van der Waals surface area contributed by atoms with Crippen LogP contribution in [0.5, 0.6) is 0 Å². The first kappa shape index (κ1) is 41.9. The van der Waals surface area contributed by atoms with E-state index in [1.165, 1.54) is 115 Å². The van der Waals surface area contributed by atoms with Gasteiger partial charge in [-0.3, -0.25) is 0 Å². The van der Waals surface area contributed by atoms with Gasteiger partial charge in [0.25, 0.3) is 0 Å². The van der Waals surface area contributed by atoms with Gasteiger partial charge in [-0.2, -0.15) is 0 Å². The minimum Gasteiger partial charge on any atom is -0.313 e. The van der Waals surface area contributed by atoms with Gasteiger partial charge in [0, 0.05) is 44.4 Å². The predicted molar refractivity (Wildman–Crippen MR) is 308 cm³/mol. The van der Waals surface area contributed by atoms with E-state index in [0.717, 1.165) is 29.2 Å². The molecule has 340 valence electrons. The molecule has 0 saturated heterocycles. The van der Waals surface area contributed by atoms with Crippen molar-refractivity contribution < 1.29 is 0 Å². The van der Waals surface area contributed by atoms with Gasteiger partial charge in [-0.1, -0.05) is 200 Å². The van der Waals surface area contributed by atoms with Crippen molar-refractivity contribution in [3.05, 3.63) is 276 Å². The summed E-state index contributed by atoms with van der Waals surface area (Å²) in [4.78, 5) is 5.13. The number of benzene rings is 13. The summed E-state index contributed by atoms with van der Waals surface area (Å²) in [7, 11) is 0. The highest BCUT2D eigenvalue weighted by Crippen LogP contribution is 2.51. The second-order valence-electron chi connectivity index (χ2n) is 19.8. The third-order valence-corrected chi connectivity index (χ3v) is 15.4. The Labute approximate surface area is 420 Å². The molecule has 1 aliphatic rings. The third kappa shape index (κ3) is 6.86. The fraction of sp³-hybridized carbons (Fsp3) is 0.0571. The van der Waals surface area contributed by atoms with Crippen molar-refractivity contribution in [3.8, 4) is 11.1 Å². The SMILES string of the molecule is Cc1cccc(N(C2=c3ccc4c(-c5ccc6ccccc6c5)cc(N(c5cccc(C)c5)c5cccc6ccccc56)c5ccc(c3c45)C(c3ccc4ccccc4c3)C2)c2cccc3ccccc23)c1. The fourth-order valence-electron chi connectivity index (χ4n) is 12.1. The molecule has 0 spiro atoms. The summed E-state index contributed by atoms with van der Waals surface area (Å²) in [6.45, 7) is 4.41. The van der Waals surface area contributed by atoms with Crippen molar-refractivity contribution in [2.75, 3.05) is 9.80 Å². The average Bonchev–Trinajstić information content (AvgIpc) is 3.43. The topological polar surface area (TPSA) is 6.48 Å². The number of aryl methyl sites for hydroxylation is 2. The zero-order valence-electron chi connectivity index (χ0n) is 40.4. The summed E-state index contributed by atoms with van der Waals surface area (Å²) in [6.07, 6.45) is 0.811. The summed E-state index contributed by atoms with van der Waals surface area (Å²) < 4.78 is 0. The van der Waals surface area contributed by atoms with Gasteiger partial charge in [-0.15, -0.1) is 0 Å². The standard InChI is InChI=1S/C70H50N2/c1-45-15-11-25-55(39-45)71(65-29-13-23-49-19-7-9-27-57(49)65)67-43-63(53-33-31-47-17-3-5-21-51(47)41-53)59-36-38-62-68(72(56-26-12-16-46(2)40-56)66-30-14-24-50-20-8-10-28-58(50)66)44-64(60-35-37-61(67)69(59)70(60)62)54-34-32-48-18-4-6-22-52(48)42-54/h3-43,64H,44H2,1-2H3. The largest absolute Gasteiger partial charge is 0.313 e. The summed E-state index contributed by atoms with van der Waals surface area (Å²) in [6, 6.07) is 93.3. The fourth-order valence-corrected chi connectivity index (χ4v) is 12.1. The van der Waals surface area contributed by atoms with Crippen LogP contribution in [0.1, 0.15) is 34.6 Å². The Kier molecular flexibility index (Phi) is 9.82. The van der Waals surface area contributed by atoms with E-state index in [-0.39, 0.29) is 5.92 Å². The van der Waals surface area contributed by atoms with Crippen molar-refractivity contribution >= 4 is 98.8 Å². The first-order chi connectivity index (χ1) is 35.5. The van der Waals surface area contributed by atoms with Gasteiger partial charge in [-0.05, 0) is 151 Å². The maximum Gasteiger partial charge on any atom is 0.0547 e. The number of hydrogen-bond acceptors (Lipinski definition) is 2. The molecule has 0 aromatic heterocycles. The lowest BCUT2D eigenvalue weighted by Gasteiger charge is -2.36. The molecule has 13 aromatic rings. The number of anilines is 5. The van der Waals surface area contributed by atoms with Gasteiger partial charge in [0.15, 0.2) is 0 Å². The Hall–Kier alpha value is -8.98. The zero-order chi connectivity index (χ0) is 47.9. The Morgan fingerprint density at radius 2 is 0.889 bits per heavy atom. The first-order valence-corrected chi connectivity index (χ1v) is 25.2. The molecule has 1 aliphatic carbocycles. The van der Waals surface area contributed by atoms with Crippen molar-refractivity contribution in [1.29, 1.82) is 0 Å². The number of rotatable bonds is 8. The molecule has 0 amide bonds. The molecule has 72 heavy (non-hydrogen) atoms.